The third-order valence-electron chi connectivity index (χ3n) is 4.52. The van der Waals surface area contributed by atoms with Crippen molar-refractivity contribution in [2.24, 2.45) is 0 Å². The highest BCUT2D eigenvalue weighted by Crippen LogP contribution is 2.38. The summed E-state index contributed by atoms with van der Waals surface area (Å²) in [7, 11) is 1.63. The second-order valence-electron chi connectivity index (χ2n) is 5.86. The fourth-order valence-corrected chi connectivity index (χ4v) is 3.04. The molecule has 0 saturated heterocycles. The van der Waals surface area contributed by atoms with E-state index in [9.17, 15) is 15.3 Å². The predicted molar refractivity (Wildman–Crippen MR) is 90.7 cm³/mol. The van der Waals surface area contributed by atoms with Crippen LogP contribution in [0.3, 0.4) is 0 Å². The Bertz CT molecular complexity index is 700. The standard InChI is InChI=1S/C19H24O4/c1-11-12(2)19(23-4)13(3)14(18(11)22)7-5-8-15-16(20)9-6-10-17(15)21/h6,9-10,20-22H,5,7-8H2,1-4H3. The van der Waals surface area contributed by atoms with Crippen molar-refractivity contribution in [3.63, 3.8) is 0 Å². The maximum absolute atomic E-state index is 10.4. The van der Waals surface area contributed by atoms with Crippen molar-refractivity contribution in [3.05, 3.63) is 46.0 Å². The van der Waals surface area contributed by atoms with Crippen LogP contribution in [-0.4, -0.2) is 22.4 Å². The van der Waals surface area contributed by atoms with Crippen LogP contribution < -0.4 is 4.74 Å². The van der Waals surface area contributed by atoms with Crippen molar-refractivity contribution in [2.45, 2.75) is 40.0 Å². The van der Waals surface area contributed by atoms with Gasteiger partial charge in [-0.15, -0.1) is 0 Å². The van der Waals surface area contributed by atoms with Gasteiger partial charge in [0.05, 0.1) is 7.11 Å². The van der Waals surface area contributed by atoms with Crippen LogP contribution in [0.2, 0.25) is 0 Å². The molecule has 124 valence electrons. The van der Waals surface area contributed by atoms with Crippen LogP contribution >= 0.6 is 0 Å². The van der Waals surface area contributed by atoms with Crippen LogP contribution in [-0.2, 0) is 12.8 Å². The first-order chi connectivity index (χ1) is 10.9. The number of phenolic OH excluding ortho intramolecular Hbond substituents is 3. The normalized spacial score (nSPS) is 10.8. The molecule has 0 heterocycles. The van der Waals surface area contributed by atoms with Crippen molar-refractivity contribution < 1.29 is 20.1 Å². The molecule has 4 heteroatoms. The molecule has 2 rings (SSSR count). The van der Waals surface area contributed by atoms with E-state index in [2.05, 4.69) is 0 Å². The lowest BCUT2D eigenvalue weighted by Crippen LogP contribution is -2.01. The van der Waals surface area contributed by atoms with E-state index in [4.69, 9.17) is 4.74 Å². The fourth-order valence-electron chi connectivity index (χ4n) is 3.04. The summed E-state index contributed by atoms with van der Waals surface area (Å²) in [4.78, 5) is 0. The van der Waals surface area contributed by atoms with Gasteiger partial charge in [0.25, 0.3) is 0 Å². The number of hydrogen-bond donors (Lipinski definition) is 3. The molecule has 23 heavy (non-hydrogen) atoms. The summed E-state index contributed by atoms with van der Waals surface area (Å²) in [6.07, 6.45) is 1.88. The van der Waals surface area contributed by atoms with Gasteiger partial charge in [0, 0.05) is 11.1 Å². The smallest absolute Gasteiger partial charge is 0.125 e. The van der Waals surface area contributed by atoms with Crippen LogP contribution in [0.5, 0.6) is 23.0 Å². The van der Waals surface area contributed by atoms with E-state index in [0.717, 1.165) is 28.0 Å². The molecule has 0 atom stereocenters. The largest absolute Gasteiger partial charge is 0.508 e. The zero-order valence-electron chi connectivity index (χ0n) is 14.1. The van der Waals surface area contributed by atoms with Crippen molar-refractivity contribution in [1.29, 1.82) is 0 Å². The molecule has 0 aliphatic carbocycles. The van der Waals surface area contributed by atoms with E-state index < -0.39 is 0 Å². The summed E-state index contributed by atoms with van der Waals surface area (Å²) >= 11 is 0. The summed E-state index contributed by atoms with van der Waals surface area (Å²) < 4.78 is 5.46. The van der Waals surface area contributed by atoms with Crippen LogP contribution in [0.15, 0.2) is 18.2 Å². The molecule has 0 spiro atoms. The van der Waals surface area contributed by atoms with Crippen LogP contribution in [0, 0.1) is 20.8 Å². The highest BCUT2D eigenvalue weighted by Gasteiger charge is 2.17. The Hall–Kier alpha value is -2.36. The van der Waals surface area contributed by atoms with Gasteiger partial charge >= 0.3 is 0 Å². The van der Waals surface area contributed by atoms with Gasteiger partial charge < -0.3 is 20.1 Å². The summed E-state index contributed by atoms with van der Waals surface area (Å²) in [5, 5.41) is 30.1. The van der Waals surface area contributed by atoms with Gasteiger partial charge in [0.15, 0.2) is 0 Å². The molecule has 0 aromatic heterocycles. The first-order valence-electron chi connectivity index (χ1n) is 7.73. The third kappa shape index (κ3) is 3.21. The first kappa shape index (κ1) is 17.0. The van der Waals surface area contributed by atoms with E-state index in [-0.39, 0.29) is 11.5 Å². The average Bonchev–Trinajstić information content (AvgIpc) is 2.51. The quantitative estimate of drug-likeness (QED) is 0.782. The molecule has 0 fully saturated rings. The molecule has 0 bridgehead atoms. The SMILES string of the molecule is COc1c(C)c(C)c(O)c(CCCc2c(O)cccc2O)c1C. The van der Waals surface area contributed by atoms with Crippen molar-refractivity contribution in [3.8, 4) is 23.0 Å². The first-order valence-corrected chi connectivity index (χ1v) is 7.73. The molecule has 3 N–H and O–H groups in total. The summed E-state index contributed by atoms with van der Waals surface area (Å²) in [5.74, 6) is 1.32. The van der Waals surface area contributed by atoms with E-state index >= 15 is 0 Å². The molecular weight excluding hydrogens is 292 g/mol. The zero-order chi connectivity index (χ0) is 17.1. The highest BCUT2D eigenvalue weighted by molar-refractivity contribution is 5.57. The Morgan fingerprint density at radius 3 is 1.96 bits per heavy atom. The molecule has 2 aromatic carbocycles. The number of benzene rings is 2. The summed E-state index contributed by atoms with van der Waals surface area (Å²) in [6, 6.07) is 4.74. The van der Waals surface area contributed by atoms with Gasteiger partial charge in [-0.3, -0.25) is 0 Å². The Labute approximate surface area is 137 Å². The number of ether oxygens (including phenoxy) is 1. The Balaban J connectivity index is 2.23. The van der Waals surface area contributed by atoms with Gasteiger partial charge in [0.1, 0.15) is 23.0 Å². The van der Waals surface area contributed by atoms with Crippen LogP contribution in [0.1, 0.15) is 34.2 Å². The predicted octanol–water partition coefficient (Wildman–Crippen LogP) is 3.91. The van der Waals surface area contributed by atoms with Crippen molar-refractivity contribution in [1.82, 2.24) is 0 Å². The van der Waals surface area contributed by atoms with E-state index in [1.165, 1.54) is 0 Å². The van der Waals surface area contributed by atoms with E-state index in [1.807, 2.05) is 20.8 Å². The lowest BCUT2D eigenvalue weighted by molar-refractivity contribution is 0.402. The molecule has 0 saturated carbocycles. The summed E-state index contributed by atoms with van der Waals surface area (Å²) in [6.45, 7) is 5.76. The maximum Gasteiger partial charge on any atom is 0.125 e. The van der Waals surface area contributed by atoms with Gasteiger partial charge in [-0.25, -0.2) is 0 Å². The lowest BCUT2D eigenvalue weighted by Gasteiger charge is -2.18. The number of rotatable bonds is 5. The van der Waals surface area contributed by atoms with Gasteiger partial charge in [-0.1, -0.05) is 6.07 Å². The third-order valence-corrected chi connectivity index (χ3v) is 4.52. The minimum atomic E-state index is 0.101. The number of methoxy groups -OCH3 is 1. The molecule has 0 unspecified atom stereocenters. The minimum absolute atomic E-state index is 0.101. The van der Waals surface area contributed by atoms with Crippen molar-refractivity contribution >= 4 is 0 Å². The van der Waals surface area contributed by atoms with Crippen molar-refractivity contribution in [2.75, 3.05) is 7.11 Å². The molecule has 4 nitrogen and oxygen atoms in total. The molecule has 2 aromatic rings. The number of phenols is 3. The lowest BCUT2D eigenvalue weighted by atomic mass is 9.93. The second kappa shape index (κ2) is 6.82. The second-order valence-corrected chi connectivity index (χ2v) is 5.86. The van der Waals surface area contributed by atoms with E-state index in [0.29, 0.717) is 30.6 Å². The molecule has 0 amide bonds. The molecule has 0 radical (unpaired) electrons. The fraction of sp³-hybridized carbons (Fsp3) is 0.368. The van der Waals surface area contributed by atoms with Gasteiger partial charge in [-0.05, 0) is 68.9 Å². The summed E-state index contributed by atoms with van der Waals surface area (Å²) in [5.41, 5.74) is 4.12. The zero-order valence-corrected chi connectivity index (χ0v) is 14.1. The monoisotopic (exact) mass is 316 g/mol. The van der Waals surface area contributed by atoms with Crippen LogP contribution in [0.4, 0.5) is 0 Å². The Kier molecular flexibility index (Phi) is 5.04. The Morgan fingerprint density at radius 2 is 1.39 bits per heavy atom. The Morgan fingerprint density at radius 1 is 0.826 bits per heavy atom. The average molecular weight is 316 g/mol. The maximum atomic E-state index is 10.4. The van der Waals surface area contributed by atoms with Crippen LogP contribution in [0.25, 0.3) is 0 Å². The highest BCUT2D eigenvalue weighted by atomic mass is 16.5. The van der Waals surface area contributed by atoms with Gasteiger partial charge in [-0.2, -0.15) is 0 Å². The molecular formula is C19H24O4. The van der Waals surface area contributed by atoms with E-state index in [1.54, 1.807) is 25.3 Å². The minimum Gasteiger partial charge on any atom is -0.508 e. The molecule has 0 aliphatic heterocycles. The van der Waals surface area contributed by atoms with Gasteiger partial charge in [0.2, 0.25) is 0 Å². The number of aromatic hydroxyl groups is 3. The molecule has 0 aliphatic rings. The number of hydrogen-bond acceptors (Lipinski definition) is 4. The topological polar surface area (TPSA) is 69.9 Å².